The minimum atomic E-state index is -0.373. The second kappa shape index (κ2) is 4.67. The summed E-state index contributed by atoms with van der Waals surface area (Å²) in [6.45, 7) is 5.38. The van der Waals surface area contributed by atoms with Gasteiger partial charge in [0.1, 0.15) is 5.69 Å². The minimum absolute atomic E-state index is 0.0985. The van der Waals surface area contributed by atoms with Crippen molar-refractivity contribution in [2.24, 2.45) is 0 Å². The van der Waals surface area contributed by atoms with Crippen LogP contribution in [0.2, 0.25) is 0 Å². The standard InChI is InChI=1S/C11H16N4O2/c1-9-11(15(16)17)7-10(8-12-9)14-5-3-13(2)4-6-14/h7-8H,3-6H2,1-2H3. The third-order valence-electron chi connectivity index (χ3n) is 3.11. The van der Waals surface area contributed by atoms with E-state index in [4.69, 9.17) is 0 Å². The first kappa shape index (κ1) is 11.8. The highest BCUT2D eigenvalue weighted by atomic mass is 16.6. The van der Waals surface area contributed by atoms with Gasteiger partial charge in [-0.15, -0.1) is 0 Å². The molecule has 0 atom stereocenters. The topological polar surface area (TPSA) is 62.5 Å². The van der Waals surface area contributed by atoms with Gasteiger partial charge in [0.05, 0.1) is 16.8 Å². The average Bonchev–Trinajstić information content (AvgIpc) is 2.30. The van der Waals surface area contributed by atoms with Crippen LogP contribution in [0.15, 0.2) is 12.3 Å². The Morgan fingerprint density at radius 3 is 2.59 bits per heavy atom. The van der Waals surface area contributed by atoms with Gasteiger partial charge in [-0.3, -0.25) is 15.1 Å². The summed E-state index contributed by atoms with van der Waals surface area (Å²) in [7, 11) is 2.08. The molecule has 92 valence electrons. The zero-order valence-electron chi connectivity index (χ0n) is 10.1. The number of aromatic nitrogens is 1. The van der Waals surface area contributed by atoms with Crippen molar-refractivity contribution in [3.63, 3.8) is 0 Å². The lowest BCUT2D eigenvalue weighted by Gasteiger charge is -2.33. The van der Waals surface area contributed by atoms with E-state index in [0.29, 0.717) is 5.69 Å². The lowest BCUT2D eigenvalue weighted by atomic mass is 10.2. The molecule has 0 bridgehead atoms. The molecular weight excluding hydrogens is 220 g/mol. The lowest BCUT2D eigenvalue weighted by Crippen LogP contribution is -2.44. The van der Waals surface area contributed by atoms with Crippen LogP contribution in [0, 0.1) is 17.0 Å². The summed E-state index contributed by atoms with van der Waals surface area (Å²) < 4.78 is 0. The third kappa shape index (κ3) is 2.52. The lowest BCUT2D eigenvalue weighted by molar-refractivity contribution is -0.385. The maximum absolute atomic E-state index is 10.8. The van der Waals surface area contributed by atoms with Gasteiger partial charge in [0.15, 0.2) is 0 Å². The predicted molar refractivity (Wildman–Crippen MR) is 65.3 cm³/mol. The van der Waals surface area contributed by atoms with Crippen LogP contribution in [-0.4, -0.2) is 48.0 Å². The monoisotopic (exact) mass is 236 g/mol. The number of hydrogen-bond donors (Lipinski definition) is 0. The van der Waals surface area contributed by atoms with Gasteiger partial charge < -0.3 is 9.80 Å². The van der Waals surface area contributed by atoms with Crippen molar-refractivity contribution in [2.75, 3.05) is 38.1 Å². The number of nitro groups is 1. The quantitative estimate of drug-likeness (QED) is 0.567. The highest BCUT2D eigenvalue weighted by Crippen LogP contribution is 2.23. The van der Waals surface area contributed by atoms with Crippen molar-refractivity contribution in [1.82, 2.24) is 9.88 Å². The number of pyridine rings is 1. The molecule has 1 aromatic rings. The van der Waals surface area contributed by atoms with E-state index in [9.17, 15) is 10.1 Å². The normalized spacial score (nSPS) is 17.2. The first-order valence-electron chi connectivity index (χ1n) is 5.62. The zero-order valence-corrected chi connectivity index (χ0v) is 10.1. The molecule has 1 saturated heterocycles. The van der Waals surface area contributed by atoms with Gasteiger partial charge in [-0.1, -0.05) is 0 Å². The van der Waals surface area contributed by atoms with Gasteiger partial charge in [-0.2, -0.15) is 0 Å². The molecule has 0 saturated carbocycles. The Bertz CT molecular complexity index is 427. The van der Waals surface area contributed by atoms with E-state index in [2.05, 4.69) is 21.8 Å². The molecule has 17 heavy (non-hydrogen) atoms. The van der Waals surface area contributed by atoms with Crippen LogP contribution in [0.5, 0.6) is 0 Å². The number of piperazine rings is 1. The smallest absolute Gasteiger partial charge is 0.292 e. The molecule has 0 N–H and O–H groups in total. The number of anilines is 1. The first-order chi connectivity index (χ1) is 8.08. The van der Waals surface area contributed by atoms with E-state index < -0.39 is 0 Å². The van der Waals surface area contributed by atoms with Crippen LogP contribution >= 0.6 is 0 Å². The van der Waals surface area contributed by atoms with Crippen molar-refractivity contribution in [2.45, 2.75) is 6.92 Å². The van der Waals surface area contributed by atoms with Crippen molar-refractivity contribution in [3.05, 3.63) is 28.1 Å². The molecule has 6 nitrogen and oxygen atoms in total. The number of nitrogens with zero attached hydrogens (tertiary/aromatic N) is 4. The van der Waals surface area contributed by atoms with Crippen molar-refractivity contribution < 1.29 is 4.92 Å². The molecule has 0 radical (unpaired) electrons. The second-order valence-electron chi connectivity index (χ2n) is 4.35. The fourth-order valence-corrected chi connectivity index (χ4v) is 1.93. The molecule has 1 aliphatic rings. The molecule has 2 heterocycles. The van der Waals surface area contributed by atoms with Crippen molar-refractivity contribution in [3.8, 4) is 0 Å². The molecule has 0 amide bonds. The van der Waals surface area contributed by atoms with Crippen LogP contribution in [0.4, 0.5) is 11.4 Å². The second-order valence-corrected chi connectivity index (χ2v) is 4.35. The van der Waals surface area contributed by atoms with E-state index in [1.807, 2.05) is 0 Å². The molecular formula is C11H16N4O2. The summed E-state index contributed by atoms with van der Waals surface area (Å²) in [6.07, 6.45) is 1.72. The highest BCUT2D eigenvalue weighted by Gasteiger charge is 2.18. The third-order valence-corrected chi connectivity index (χ3v) is 3.11. The van der Waals surface area contributed by atoms with E-state index in [-0.39, 0.29) is 10.6 Å². The van der Waals surface area contributed by atoms with Crippen molar-refractivity contribution in [1.29, 1.82) is 0 Å². The molecule has 6 heteroatoms. The summed E-state index contributed by atoms with van der Waals surface area (Å²) in [5.41, 5.74) is 1.41. The number of likely N-dealkylation sites (N-methyl/N-ethyl adjacent to an activating group) is 1. The summed E-state index contributed by atoms with van der Waals surface area (Å²) in [4.78, 5) is 19.0. The Morgan fingerprint density at radius 1 is 1.35 bits per heavy atom. The van der Waals surface area contributed by atoms with Gasteiger partial charge in [0.2, 0.25) is 0 Å². The summed E-state index contributed by atoms with van der Waals surface area (Å²) in [5, 5.41) is 10.8. The van der Waals surface area contributed by atoms with Crippen LogP contribution in [0.25, 0.3) is 0 Å². The Hall–Kier alpha value is -1.69. The van der Waals surface area contributed by atoms with Gasteiger partial charge in [0, 0.05) is 32.2 Å². The molecule has 2 rings (SSSR count). The molecule has 0 aromatic carbocycles. The maximum Gasteiger partial charge on any atom is 0.292 e. The van der Waals surface area contributed by atoms with E-state index >= 15 is 0 Å². The molecule has 0 aliphatic carbocycles. The van der Waals surface area contributed by atoms with Crippen LogP contribution in [0.3, 0.4) is 0 Å². The SMILES string of the molecule is Cc1ncc(N2CCN(C)CC2)cc1[N+](=O)[O-]. The number of hydrogen-bond acceptors (Lipinski definition) is 5. The number of rotatable bonds is 2. The summed E-state index contributed by atoms with van der Waals surface area (Å²) in [6, 6.07) is 1.62. The van der Waals surface area contributed by atoms with Crippen molar-refractivity contribution >= 4 is 11.4 Å². The Labute approximate surface area is 100 Å². The van der Waals surface area contributed by atoms with E-state index in [0.717, 1.165) is 31.9 Å². The molecule has 0 spiro atoms. The average molecular weight is 236 g/mol. The molecule has 1 aromatic heterocycles. The molecule has 0 unspecified atom stereocenters. The van der Waals surface area contributed by atoms with E-state index in [1.165, 1.54) is 0 Å². The highest BCUT2D eigenvalue weighted by molar-refractivity contribution is 5.53. The summed E-state index contributed by atoms with van der Waals surface area (Å²) >= 11 is 0. The largest absolute Gasteiger partial charge is 0.368 e. The fraction of sp³-hybridized carbons (Fsp3) is 0.545. The van der Waals surface area contributed by atoms with Crippen LogP contribution < -0.4 is 4.90 Å². The minimum Gasteiger partial charge on any atom is -0.368 e. The zero-order chi connectivity index (χ0) is 12.4. The fourth-order valence-electron chi connectivity index (χ4n) is 1.93. The van der Waals surface area contributed by atoms with Crippen LogP contribution in [0.1, 0.15) is 5.69 Å². The Morgan fingerprint density at radius 2 is 2.00 bits per heavy atom. The van der Waals surface area contributed by atoms with Crippen LogP contribution in [-0.2, 0) is 0 Å². The summed E-state index contributed by atoms with van der Waals surface area (Å²) in [5.74, 6) is 0. The van der Waals surface area contributed by atoms with Gasteiger partial charge in [-0.05, 0) is 14.0 Å². The molecule has 1 fully saturated rings. The Balaban J connectivity index is 2.21. The molecule has 1 aliphatic heterocycles. The predicted octanol–water partition coefficient (Wildman–Crippen LogP) is 1.05. The first-order valence-corrected chi connectivity index (χ1v) is 5.62. The maximum atomic E-state index is 10.8. The number of aryl methyl sites for hydroxylation is 1. The Kier molecular flexibility index (Phi) is 3.23. The van der Waals surface area contributed by atoms with Gasteiger partial charge in [-0.25, -0.2) is 0 Å². The van der Waals surface area contributed by atoms with Gasteiger partial charge >= 0.3 is 0 Å². The van der Waals surface area contributed by atoms with E-state index in [1.54, 1.807) is 19.2 Å². The van der Waals surface area contributed by atoms with Gasteiger partial charge in [0.25, 0.3) is 5.69 Å².